The Morgan fingerprint density at radius 3 is 1.92 bits per heavy atom. The lowest BCUT2D eigenvalue weighted by atomic mass is 10.1. The van der Waals surface area contributed by atoms with Crippen LogP contribution < -0.4 is 20.7 Å². The zero-order chi connectivity index (χ0) is 18.4. The number of carbonyl (C=O) groups excluding carboxylic acids is 3. The van der Waals surface area contributed by atoms with E-state index in [0.717, 1.165) is 0 Å². The molecule has 2 aromatic carbocycles. The summed E-state index contributed by atoms with van der Waals surface area (Å²) in [5, 5.41) is 8.03. The highest BCUT2D eigenvalue weighted by Gasteiger charge is 2.11. The van der Waals surface area contributed by atoms with Crippen LogP contribution in [0.1, 0.15) is 24.2 Å². The largest absolute Gasteiger partial charge is 0.495 e. The van der Waals surface area contributed by atoms with E-state index in [-0.39, 0.29) is 17.7 Å². The van der Waals surface area contributed by atoms with Crippen molar-refractivity contribution >= 4 is 34.8 Å². The molecule has 25 heavy (non-hydrogen) atoms. The van der Waals surface area contributed by atoms with E-state index >= 15 is 0 Å². The molecule has 0 atom stereocenters. The van der Waals surface area contributed by atoms with Gasteiger partial charge in [-0.15, -0.1) is 0 Å². The number of anilines is 3. The Hall–Kier alpha value is -3.35. The molecule has 0 aromatic heterocycles. The molecule has 3 amide bonds. The molecule has 0 radical (unpaired) electrons. The van der Waals surface area contributed by atoms with Crippen LogP contribution in [0, 0.1) is 0 Å². The van der Waals surface area contributed by atoms with E-state index in [2.05, 4.69) is 16.0 Å². The molecule has 0 aliphatic heterocycles. The van der Waals surface area contributed by atoms with Crippen LogP contribution in [0.25, 0.3) is 0 Å². The minimum Gasteiger partial charge on any atom is -0.495 e. The highest BCUT2D eigenvalue weighted by molar-refractivity contribution is 6.06. The number of rotatable bonds is 5. The standard InChI is InChI=1S/C18H19N3O4/c1-11(22)19-14-6-4-13(5-7-14)18(24)21-16-10-15(20-12(2)23)8-9-17(16)25-3/h4-10H,1-3H3,(H,19,22)(H,20,23)(H,21,24). The van der Waals surface area contributed by atoms with E-state index in [4.69, 9.17) is 4.74 Å². The van der Waals surface area contributed by atoms with Crippen molar-refractivity contribution in [2.45, 2.75) is 13.8 Å². The van der Waals surface area contributed by atoms with Crippen molar-refractivity contribution in [3.05, 3.63) is 48.0 Å². The number of methoxy groups -OCH3 is 1. The van der Waals surface area contributed by atoms with E-state index in [1.54, 1.807) is 42.5 Å². The molecule has 0 unspecified atom stereocenters. The number of hydrogen-bond donors (Lipinski definition) is 3. The fourth-order valence-electron chi connectivity index (χ4n) is 2.19. The van der Waals surface area contributed by atoms with Crippen molar-refractivity contribution in [3.63, 3.8) is 0 Å². The van der Waals surface area contributed by atoms with E-state index < -0.39 is 0 Å². The van der Waals surface area contributed by atoms with E-state index in [1.165, 1.54) is 21.0 Å². The fraction of sp³-hybridized carbons (Fsp3) is 0.167. The highest BCUT2D eigenvalue weighted by Crippen LogP contribution is 2.28. The van der Waals surface area contributed by atoms with Gasteiger partial charge in [-0.2, -0.15) is 0 Å². The number of amides is 3. The molecule has 0 bridgehead atoms. The van der Waals surface area contributed by atoms with Gasteiger partial charge in [0.15, 0.2) is 0 Å². The first-order chi connectivity index (χ1) is 11.9. The Bertz CT molecular complexity index is 800. The van der Waals surface area contributed by atoms with Crippen LogP contribution in [0.4, 0.5) is 17.1 Å². The van der Waals surface area contributed by atoms with Gasteiger partial charge >= 0.3 is 0 Å². The Balaban J connectivity index is 2.18. The molecule has 3 N–H and O–H groups in total. The number of nitrogens with one attached hydrogen (secondary N) is 3. The number of benzene rings is 2. The lowest BCUT2D eigenvalue weighted by Gasteiger charge is -2.12. The second-order valence-electron chi connectivity index (χ2n) is 5.31. The third-order valence-corrected chi connectivity index (χ3v) is 3.24. The minimum atomic E-state index is -0.340. The van der Waals surface area contributed by atoms with Crippen molar-refractivity contribution < 1.29 is 19.1 Å². The van der Waals surface area contributed by atoms with Crippen molar-refractivity contribution in [2.75, 3.05) is 23.1 Å². The number of hydrogen-bond acceptors (Lipinski definition) is 4. The van der Waals surface area contributed by atoms with Crippen molar-refractivity contribution in [3.8, 4) is 5.75 Å². The predicted octanol–water partition coefficient (Wildman–Crippen LogP) is 2.86. The molecule has 2 aromatic rings. The maximum atomic E-state index is 12.4. The second kappa shape index (κ2) is 7.96. The smallest absolute Gasteiger partial charge is 0.255 e. The Morgan fingerprint density at radius 1 is 0.800 bits per heavy atom. The maximum absolute atomic E-state index is 12.4. The minimum absolute atomic E-state index is 0.184. The van der Waals surface area contributed by atoms with Gasteiger partial charge in [0, 0.05) is 30.8 Å². The number of ether oxygens (including phenoxy) is 1. The fourth-order valence-corrected chi connectivity index (χ4v) is 2.19. The van der Waals surface area contributed by atoms with E-state index in [0.29, 0.717) is 28.4 Å². The molecule has 0 saturated carbocycles. The van der Waals surface area contributed by atoms with Crippen LogP contribution in [0.15, 0.2) is 42.5 Å². The quantitative estimate of drug-likeness (QED) is 0.779. The lowest BCUT2D eigenvalue weighted by Crippen LogP contribution is -2.14. The van der Waals surface area contributed by atoms with Crippen molar-refractivity contribution in [1.29, 1.82) is 0 Å². The zero-order valence-corrected chi connectivity index (χ0v) is 14.2. The molecule has 0 aliphatic carbocycles. The van der Waals surface area contributed by atoms with Crippen molar-refractivity contribution in [1.82, 2.24) is 0 Å². The highest BCUT2D eigenvalue weighted by atomic mass is 16.5. The van der Waals surface area contributed by atoms with Gasteiger partial charge in [0.1, 0.15) is 5.75 Å². The monoisotopic (exact) mass is 341 g/mol. The molecule has 130 valence electrons. The van der Waals surface area contributed by atoms with Crippen molar-refractivity contribution in [2.24, 2.45) is 0 Å². The van der Waals surface area contributed by atoms with Gasteiger partial charge in [-0.05, 0) is 42.5 Å². The molecule has 7 nitrogen and oxygen atoms in total. The SMILES string of the molecule is COc1ccc(NC(C)=O)cc1NC(=O)c1ccc(NC(C)=O)cc1. The zero-order valence-electron chi connectivity index (χ0n) is 14.2. The topological polar surface area (TPSA) is 96.5 Å². The molecule has 0 heterocycles. The van der Waals surface area contributed by atoms with Crippen LogP contribution in [0.3, 0.4) is 0 Å². The molecule has 0 spiro atoms. The van der Waals surface area contributed by atoms with Crippen LogP contribution in [0.2, 0.25) is 0 Å². The number of carbonyl (C=O) groups is 3. The lowest BCUT2D eigenvalue weighted by molar-refractivity contribution is -0.115. The summed E-state index contributed by atoms with van der Waals surface area (Å²) < 4.78 is 5.23. The summed E-state index contributed by atoms with van der Waals surface area (Å²) in [4.78, 5) is 34.6. The van der Waals surface area contributed by atoms with Gasteiger partial charge < -0.3 is 20.7 Å². The van der Waals surface area contributed by atoms with Gasteiger partial charge in [-0.3, -0.25) is 14.4 Å². The second-order valence-corrected chi connectivity index (χ2v) is 5.31. The predicted molar refractivity (Wildman–Crippen MR) is 96.0 cm³/mol. The summed E-state index contributed by atoms with van der Waals surface area (Å²) >= 11 is 0. The average Bonchev–Trinajstić information content (AvgIpc) is 2.54. The van der Waals surface area contributed by atoms with E-state index in [1.807, 2.05) is 0 Å². The first-order valence-corrected chi connectivity index (χ1v) is 7.53. The normalized spacial score (nSPS) is 9.88. The van der Waals surface area contributed by atoms with Gasteiger partial charge in [0.25, 0.3) is 5.91 Å². The first kappa shape index (κ1) is 18.0. The van der Waals surface area contributed by atoms with E-state index in [9.17, 15) is 14.4 Å². The Morgan fingerprint density at radius 2 is 1.36 bits per heavy atom. The molecule has 0 fully saturated rings. The Kier molecular flexibility index (Phi) is 5.73. The van der Waals surface area contributed by atoms with Gasteiger partial charge in [0.05, 0.1) is 12.8 Å². The summed E-state index contributed by atoms with van der Waals surface area (Å²) in [6.45, 7) is 2.81. The molecule has 7 heteroatoms. The summed E-state index contributed by atoms with van der Waals surface area (Å²) in [5.41, 5.74) is 2.00. The molecule has 2 rings (SSSR count). The van der Waals surface area contributed by atoms with Gasteiger partial charge in [-0.1, -0.05) is 0 Å². The first-order valence-electron chi connectivity index (χ1n) is 7.53. The van der Waals surface area contributed by atoms with Gasteiger partial charge in [-0.25, -0.2) is 0 Å². The average molecular weight is 341 g/mol. The molecule has 0 aliphatic rings. The van der Waals surface area contributed by atoms with Crippen LogP contribution in [0.5, 0.6) is 5.75 Å². The van der Waals surface area contributed by atoms with Crippen LogP contribution in [-0.2, 0) is 9.59 Å². The van der Waals surface area contributed by atoms with Crippen LogP contribution in [-0.4, -0.2) is 24.8 Å². The third kappa shape index (κ3) is 5.07. The summed E-state index contributed by atoms with van der Waals surface area (Å²) in [6.07, 6.45) is 0. The Labute approximate surface area is 145 Å². The molecular weight excluding hydrogens is 322 g/mol. The summed E-state index contributed by atoms with van der Waals surface area (Å²) in [6, 6.07) is 11.4. The van der Waals surface area contributed by atoms with Crippen LogP contribution >= 0.6 is 0 Å². The summed E-state index contributed by atoms with van der Waals surface area (Å²) in [7, 11) is 1.49. The van der Waals surface area contributed by atoms with Gasteiger partial charge in [0.2, 0.25) is 11.8 Å². The molecular formula is C18H19N3O4. The molecule has 0 saturated heterocycles. The summed E-state index contributed by atoms with van der Waals surface area (Å²) in [5.74, 6) is -0.266. The third-order valence-electron chi connectivity index (χ3n) is 3.24. The maximum Gasteiger partial charge on any atom is 0.255 e.